The smallest absolute Gasteiger partial charge is 0.0515 e. The van der Waals surface area contributed by atoms with E-state index in [0.29, 0.717) is 12.5 Å². The molecule has 90 valence electrons. The van der Waals surface area contributed by atoms with E-state index in [1.807, 2.05) is 0 Å². The first-order valence-electron chi connectivity index (χ1n) is 5.92. The van der Waals surface area contributed by atoms with Crippen LogP contribution in [0.1, 0.15) is 26.3 Å². The van der Waals surface area contributed by atoms with E-state index in [-0.39, 0.29) is 5.54 Å². The molecule has 0 aromatic heterocycles. The minimum absolute atomic E-state index is 0.00918. The Hall–Kier alpha value is -1.02. The molecule has 0 spiro atoms. The van der Waals surface area contributed by atoms with Gasteiger partial charge in [0.05, 0.1) is 5.54 Å². The zero-order valence-corrected chi connectivity index (χ0v) is 11.1. The van der Waals surface area contributed by atoms with Crippen molar-refractivity contribution in [3.05, 3.63) is 29.8 Å². The van der Waals surface area contributed by atoms with Crippen molar-refractivity contribution >= 4 is 5.69 Å². The Kier molecular flexibility index (Phi) is 3.98. The average molecular weight is 220 g/mol. The monoisotopic (exact) mass is 220 g/mol. The first kappa shape index (κ1) is 13.0. The van der Waals surface area contributed by atoms with Gasteiger partial charge in [-0.3, -0.25) is 0 Å². The molecular weight excluding hydrogens is 196 g/mol. The molecule has 0 saturated carbocycles. The molecule has 1 rings (SSSR count). The van der Waals surface area contributed by atoms with E-state index in [1.54, 1.807) is 0 Å². The highest BCUT2D eigenvalue weighted by atomic mass is 15.2. The number of hydrogen-bond donors (Lipinski definition) is 1. The van der Waals surface area contributed by atoms with Gasteiger partial charge in [0.25, 0.3) is 0 Å². The summed E-state index contributed by atoms with van der Waals surface area (Å²) in [5.41, 5.74) is 8.46. The largest absolute Gasteiger partial charge is 0.368 e. The molecule has 1 aromatic rings. The number of nitrogens with zero attached hydrogens (tertiary/aromatic N) is 1. The second-order valence-corrected chi connectivity index (χ2v) is 5.11. The Morgan fingerprint density at radius 1 is 1.25 bits per heavy atom. The number of nitrogens with two attached hydrogens (primary N) is 1. The topological polar surface area (TPSA) is 29.3 Å². The molecule has 0 aliphatic carbocycles. The van der Waals surface area contributed by atoms with Crippen LogP contribution in [0.25, 0.3) is 0 Å². The zero-order valence-electron chi connectivity index (χ0n) is 11.1. The van der Waals surface area contributed by atoms with Gasteiger partial charge in [-0.25, -0.2) is 0 Å². The van der Waals surface area contributed by atoms with Gasteiger partial charge < -0.3 is 10.6 Å². The third kappa shape index (κ3) is 2.38. The average Bonchev–Trinajstić information content (AvgIpc) is 2.27. The highest BCUT2D eigenvalue weighted by Gasteiger charge is 2.31. The molecule has 0 bridgehead atoms. The van der Waals surface area contributed by atoms with Crippen molar-refractivity contribution < 1.29 is 0 Å². The van der Waals surface area contributed by atoms with Gasteiger partial charge in [-0.15, -0.1) is 0 Å². The van der Waals surface area contributed by atoms with E-state index >= 15 is 0 Å². The van der Waals surface area contributed by atoms with Crippen molar-refractivity contribution in [2.45, 2.75) is 33.2 Å². The zero-order chi connectivity index (χ0) is 12.3. The van der Waals surface area contributed by atoms with E-state index in [0.717, 1.165) is 0 Å². The van der Waals surface area contributed by atoms with Crippen LogP contribution in [-0.4, -0.2) is 19.1 Å². The van der Waals surface area contributed by atoms with E-state index in [9.17, 15) is 0 Å². The van der Waals surface area contributed by atoms with Crippen LogP contribution in [0.2, 0.25) is 0 Å². The fourth-order valence-corrected chi connectivity index (χ4v) is 1.82. The summed E-state index contributed by atoms with van der Waals surface area (Å²) >= 11 is 0. The van der Waals surface area contributed by atoms with Gasteiger partial charge in [-0.1, -0.05) is 31.5 Å². The molecule has 2 N–H and O–H groups in total. The standard InChI is InChI=1S/C14H24N2/c1-11(2)14(4,10-15)16(5)13-8-6-12(3)7-9-13/h6-9,11H,10,15H2,1-5H3. The number of rotatable bonds is 4. The molecule has 0 aliphatic heterocycles. The van der Waals surface area contributed by atoms with E-state index in [4.69, 9.17) is 5.73 Å². The molecular formula is C14H24N2. The van der Waals surface area contributed by atoms with Crippen molar-refractivity contribution in [1.29, 1.82) is 0 Å². The van der Waals surface area contributed by atoms with Crippen LogP contribution >= 0.6 is 0 Å². The van der Waals surface area contributed by atoms with Crippen LogP contribution in [0.3, 0.4) is 0 Å². The molecule has 16 heavy (non-hydrogen) atoms. The van der Waals surface area contributed by atoms with Gasteiger partial charge in [-0.2, -0.15) is 0 Å². The minimum atomic E-state index is 0.00918. The van der Waals surface area contributed by atoms with Crippen molar-refractivity contribution in [1.82, 2.24) is 0 Å². The number of anilines is 1. The predicted octanol–water partition coefficient (Wildman–Crippen LogP) is 2.80. The van der Waals surface area contributed by atoms with Crippen molar-refractivity contribution in [3.63, 3.8) is 0 Å². The first-order valence-corrected chi connectivity index (χ1v) is 5.92. The molecule has 1 aromatic carbocycles. The van der Waals surface area contributed by atoms with Crippen molar-refractivity contribution in [2.24, 2.45) is 11.7 Å². The molecule has 0 fully saturated rings. The summed E-state index contributed by atoms with van der Waals surface area (Å²) in [7, 11) is 2.12. The van der Waals surface area contributed by atoms with Gasteiger partial charge in [0.2, 0.25) is 0 Å². The Morgan fingerprint density at radius 3 is 2.12 bits per heavy atom. The van der Waals surface area contributed by atoms with Crippen LogP contribution < -0.4 is 10.6 Å². The summed E-state index contributed by atoms with van der Waals surface area (Å²) in [5, 5.41) is 0. The summed E-state index contributed by atoms with van der Waals surface area (Å²) in [5.74, 6) is 0.517. The number of hydrogen-bond acceptors (Lipinski definition) is 2. The summed E-state index contributed by atoms with van der Waals surface area (Å²) in [6.45, 7) is 9.43. The second kappa shape index (κ2) is 4.88. The maximum Gasteiger partial charge on any atom is 0.0515 e. The summed E-state index contributed by atoms with van der Waals surface area (Å²) in [4.78, 5) is 2.29. The lowest BCUT2D eigenvalue weighted by atomic mass is 9.86. The quantitative estimate of drug-likeness (QED) is 0.845. The van der Waals surface area contributed by atoms with Gasteiger partial charge in [0.15, 0.2) is 0 Å². The molecule has 1 atom stereocenters. The van der Waals surface area contributed by atoms with E-state index < -0.39 is 0 Å². The second-order valence-electron chi connectivity index (χ2n) is 5.11. The third-order valence-electron chi connectivity index (χ3n) is 3.84. The lowest BCUT2D eigenvalue weighted by Crippen LogP contribution is -2.53. The fourth-order valence-electron chi connectivity index (χ4n) is 1.82. The van der Waals surface area contributed by atoms with Crippen LogP contribution in [-0.2, 0) is 0 Å². The molecule has 0 radical (unpaired) electrons. The van der Waals surface area contributed by atoms with E-state index in [2.05, 4.69) is 63.9 Å². The Bertz CT molecular complexity index is 329. The predicted molar refractivity (Wildman–Crippen MR) is 71.9 cm³/mol. The molecule has 2 heteroatoms. The Labute approximate surface area is 99.5 Å². The number of benzene rings is 1. The first-order chi connectivity index (χ1) is 7.41. The normalized spacial score (nSPS) is 14.9. The Balaban J connectivity index is 3.00. The SMILES string of the molecule is Cc1ccc(N(C)C(C)(CN)C(C)C)cc1. The van der Waals surface area contributed by atoms with Crippen LogP contribution in [0.4, 0.5) is 5.69 Å². The van der Waals surface area contributed by atoms with Crippen LogP contribution in [0.15, 0.2) is 24.3 Å². The van der Waals surface area contributed by atoms with Gasteiger partial charge in [-0.05, 0) is 31.9 Å². The van der Waals surface area contributed by atoms with Crippen molar-refractivity contribution in [3.8, 4) is 0 Å². The molecule has 0 aliphatic rings. The molecule has 1 unspecified atom stereocenters. The third-order valence-corrected chi connectivity index (χ3v) is 3.84. The highest BCUT2D eigenvalue weighted by molar-refractivity contribution is 5.49. The molecule has 0 saturated heterocycles. The fraction of sp³-hybridized carbons (Fsp3) is 0.571. The molecule has 0 amide bonds. The minimum Gasteiger partial charge on any atom is -0.368 e. The van der Waals surface area contributed by atoms with Crippen molar-refractivity contribution in [2.75, 3.05) is 18.5 Å². The summed E-state index contributed by atoms with van der Waals surface area (Å²) in [6, 6.07) is 8.60. The van der Waals surface area contributed by atoms with Crippen LogP contribution in [0.5, 0.6) is 0 Å². The maximum atomic E-state index is 5.93. The van der Waals surface area contributed by atoms with E-state index in [1.165, 1.54) is 11.3 Å². The number of aryl methyl sites for hydroxylation is 1. The summed E-state index contributed by atoms with van der Waals surface area (Å²) < 4.78 is 0. The maximum absolute atomic E-state index is 5.93. The molecule has 0 heterocycles. The van der Waals surface area contributed by atoms with Gasteiger partial charge >= 0.3 is 0 Å². The summed E-state index contributed by atoms with van der Waals surface area (Å²) in [6.07, 6.45) is 0. The van der Waals surface area contributed by atoms with Gasteiger partial charge in [0, 0.05) is 19.3 Å². The Morgan fingerprint density at radius 2 is 1.75 bits per heavy atom. The molecule has 2 nitrogen and oxygen atoms in total. The number of likely N-dealkylation sites (N-methyl/N-ethyl adjacent to an activating group) is 1. The van der Waals surface area contributed by atoms with Crippen LogP contribution in [0, 0.1) is 12.8 Å². The highest BCUT2D eigenvalue weighted by Crippen LogP contribution is 2.28. The van der Waals surface area contributed by atoms with Gasteiger partial charge in [0.1, 0.15) is 0 Å². The lowest BCUT2D eigenvalue weighted by Gasteiger charge is -2.43. The lowest BCUT2D eigenvalue weighted by molar-refractivity contribution is 0.333.